The highest BCUT2D eigenvalue weighted by molar-refractivity contribution is 9.10. The molecule has 1 unspecified atom stereocenters. The van der Waals surface area contributed by atoms with Crippen molar-refractivity contribution in [2.75, 3.05) is 6.54 Å². The number of aromatic nitrogens is 2. The molecule has 0 spiro atoms. The maximum Gasteiger partial charge on any atom is 0.0676 e. The molecule has 0 radical (unpaired) electrons. The van der Waals surface area contributed by atoms with Gasteiger partial charge in [-0.05, 0) is 55.6 Å². The summed E-state index contributed by atoms with van der Waals surface area (Å²) in [6, 6.07) is 11.0. The molecular weight excluding hydrogens is 326 g/mol. The molecule has 0 bridgehead atoms. The predicted octanol–water partition coefficient (Wildman–Crippen LogP) is 4.00. The van der Waals surface area contributed by atoms with E-state index in [-0.39, 0.29) is 6.04 Å². The van der Waals surface area contributed by atoms with Crippen molar-refractivity contribution in [3.8, 4) is 0 Å². The minimum Gasteiger partial charge on any atom is -0.310 e. The molecule has 1 atom stereocenters. The molecular formula is C17H22BrN3. The second-order valence-electron chi connectivity index (χ2n) is 5.18. The van der Waals surface area contributed by atoms with Crippen LogP contribution < -0.4 is 5.32 Å². The Morgan fingerprint density at radius 1 is 1.14 bits per heavy atom. The summed E-state index contributed by atoms with van der Waals surface area (Å²) in [6.45, 7) is 7.21. The highest BCUT2D eigenvalue weighted by atomic mass is 79.9. The van der Waals surface area contributed by atoms with Gasteiger partial charge in [0.05, 0.1) is 11.4 Å². The number of likely N-dealkylation sites (N-methyl/N-ethyl adjacent to an activating group) is 1. The van der Waals surface area contributed by atoms with Crippen molar-refractivity contribution in [3.63, 3.8) is 0 Å². The van der Waals surface area contributed by atoms with Crippen LogP contribution in [0.4, 0.5) is 0 Å². The zero-order valence-corrected chi connectivity index (χ0v) is 14.4. The SMILES string of the molecule is CCNC(Cc1ccc(Br)cc1)c1cc(C)nnc1CC. The highest BCUT2D eigenvalue weighted by Crippen LogP contribution is 2.23. The molecule has 0 aliphatic heterocycles. The fraction of sp³-hybridized carbons (Fsp3) is 0.412. The Balaban J connectivity index is 2.30. The number of nitrogens with zero attached hydrogens (tertiary/aromatic N) is 2. The van der Waals surface area contributed by atoms with E-state index in [1.165, 1.54) is 11.1 Å². The van der Waals surface area contributed by atoms with Gasteiger partial charge in [0.2, 0.25) is 0 Å². The molecule has 1 aromatic carbocycles. The Morgan fingerprint density at radius 2 is 1.86 bits per heavy atom. The summed E-state index contributed by atoms with van der Waals surface area (Å²) in [5, 5.41) is 12.1. The molecule has 2 rings (SSSR count). The van der Waals surface area contributed by atoms with Gasteiger partial charge in [0.15, 0.2) is 0 Å². The van der Waals surface area contributed by atoms with Gasteiger partial charge < -0.3 is 5.32 Å². The highest BCUT2D eigenvalue weighted by Gasteiger charge is 2.16. The molecule has 0 saturated carbocycles. The Morgan fingerprint density at radius 3 is 2.48 bits per heavy atom. The van der Waals surface area contributed by atoms with Crippen molar-refractivity contribution in [1.29, 1.82) is 0 Å². The summed E-state index contributed by atoms with van der Waals surface area (Å²) in [4.78, 5) is 0. The first-order valence-electron chi connectivity index (χ1n) is 7.45. The molecule has 112 valence electrons. The van der Waals surface area contributed by atoms with E-state index in [9.17, 15) is 0 Å². The first-order chi connectivity index (χ1) is 10.1. The zero-order chi connectivity index (χ0) is 15.2. The van der Waals surface area contributed by atoms with Gasteiger partial charge in [-0.2, -0.15) is 10.2 Å². The molecule has 0 amide bonds. The third-order valence-electron chi connectivity index (χ3n) is 3.54. The standard InChI is InChI=1S/C17H22BrN3/c1-4-16-15(10-12(3)20-21-16)17(19-5-2)11-13-6-8-14(18)9-7-13/h6-10,17,19H,4-5,11H2,1-3H3. The van der Waals surface area contributed by atoms with Gasteiger partial charge in [-0.3, -0.25) is 0 Å². The van der Waals surface area contributed by atoms with Gasteiger partial charge in [0.25, 0.3) is 0 Å². The van der Waals surface area contributed by atoms with Crippen LogP contribution in [-0.2, 0) is 12.8 Å². The van der Waals surface area contributed by atoms with Crippen LogP contribution in [0, 0.1) is 6.92 Å². The quantitative estimate of drug-likeness (QED) is 0.857. The zero-order valence-electron chi connectivity index (χ0n) is 12.9. The molecule has 0 aliphatic carbocycles. The molecule has 21 heavy (non-hydrogen) atoms. The summed E-state index contributed by atoms with van der Waals surface area (Å²) in [5.41, 5.74) is 4.65. The van der Waals surface area contributed by atoms with Gasteiger partial charge in [-0.25, -0.2) is 0 Å². The van der Waals surface area contributed by atoms with Crippen LogP contribution in [-0.4, -0.2) is 16.7 Å². The summed E-state index contributed by atoms with van der Waals surface area (Å²) >= 11 is 3.49. The number of hydrogen-bond acceptors (Lipinski definition) is 3. The summed E-state index contributed by atoms with van der Waals surface area (Å²) in [5.74, 6) is 0. The van der Waals surface area contributed by atoms with E-state index in [2.05, 4.69) is 75.6 Å². The molecule has 3 nitrogen and oxygen atoms in total. The van der Waals surface area contributed by atoms with E-state index in [1.807, 2.05) is 6.92 Å². The molecule has 0 aliphatic rings. The van der Waals surface area contributed by atoms with E-state index in [0.29, 0.717) is 0 Å². The second kappa shape index (κ2) is 7.66. The number of halogens is 1. The third-order valence-corrected chi connectivity index (χ3v) is 4.07. The lowest BCUT2D eigenvalue weighted by molar-refractivity contribution is 0.540. The Labute approximate surface area is 135 Å². The van der Waals surface area contributed by atoms with E-state index in [0.717, 1.165) is 35.2 Å². The Kier molecular flexibility index (Phi) is 5.88. The number of hydrogen-bond donors (Lipinski definition) is 1. The summed E-state index contributed by atoms with van der Waals surface area (Å²) in [7, 11) is 0. The lowest BCUT2D eigenvalue weighted by Gasteiger charge is -2.21. The van der Waals surface area contributed by atoms with Crippen molar-refractivity contribution in [2.45, 2.75) is 39.7 Å². The predicted molar refractivity (Wildman–Crippen MR) is 90.4 cm³/mol. The van der Waals surface area contributed by atoms with Crippen LogP contribution in [0.5, 0.6) is 0 Å². The Bertz CT molecular complexity index is 581. The van der Waals surface area contributed by atoms with Crippen molar-refractivity contribution >= 4 is 15.9 Å². The monoisotopic (exact) mass is 347 g/mol. The molecule has 4 heteroatoms. The number of benzene rings is 1. The second-order valence-corrected chi connectivity index (χ2v) is 6.10. The normalized spacial score (nSPS) is 12.4. The lowest BCUT2D eigenvalue weighted by atomic mass is 9.96. The fourth-order valence-electron chi connectivity index (χ4n) is 2.51. The first kappa shape index (κ1) is 16.1. The Hall–Kier alpha value is -1.26. The van der Waals surface area contributed by atoms with Crippen molar-refractivity contribution in [1.82, 2.24) is 15.5 Å². The van der Waals surface area contributed by atoms with Crippen molar-refractivity contribution in [2.24, 2.45) is 0 Å². The van der Waals surface area contributed by atoms with Gasteiger partial charge in [-0.15, -0.1) is 0 Å². The maximum absolute atomic E-state index is 4.36. The van der Waals surface area contributed by atoms with Gasteiger partial charge in [0.1, 0.15) is 0 Å². The number of nitrogens with one attached hydrogen (secondary N) is 1. The topological polar surface area (TPSA) is 37.8 Å². The summed E-state index contributed by atoms with van der Waals surface area (Å²) in [6.07, 6.45) is 1.87. The van der Waals surface area contributed by atoms with Crippen LogP contribution >= 0.6 is 15.9 Å². The fourth-order valence-corrected chi connectivity index (χ4v) is 2.77. The van der Waals surface area contributed by atoms with E-state index < -0.39 is 0 Å². The van der Waals surface area contributed by atoms with Crippen LogP contribution in [0.25, 0.3) is 0 Å². The molecule has 2 aromatic rings. The van der Waals surface area contributed by atoms with Gasteiger partial charge in [0, 0.05) is 10.5 Å². The maximum atomic E-state index is 4.36. The van der Waals surface area contributed by atoms with Crippen molar-refractivity contribution in [3.05, 3.63) is 57.3 Å². The van der Waals surface area contributed by atoms with Crippen LogP contribution in [0.1, 0.15) is 42.4 Å². The van der Waals surface area contributed by atoms with Gasteiger partial charge in [-0.1, -0.05) is 41.9 Å². The number of rotatable bonds is 6. The average Bonchev–Trinajstić information content (AvgIpc) is 2.49. The molecule has 0 fully saturated rings. The van der Waals surface area contributed by atoms with E-state index >= 15 is 0 Å². The lowest BCUT2D eigenvalue weighted by Crippen LogP contribution is -2.25. The molecule has 1 N–H and O–H groups in total. The average molecular weight is 348 g/mol. The minimum absolute atomic E-state index is 0.278. The largest absolute Gasteiger partial charge is 0.310 e. The van der Waals surface area contributed by atoms with E-state index in [1.54, 1.807) is 0 Å². The minimum atomic E-state index is 0.278. The number of aryl methyl sites for hydroxylation is 2. The van der Waals surface area contributed by atoms with Crippen LogP contribution in [0.2, 0.25) is 0 Å². The molecule has 1 heterocycles. The first-order valence-corrected chi connectivity index (χ1v) is 8.24. The van der Waals surface area contributed by atoms with Gasteiger partial charge >= 0.3 is 0 Å². The van der Waals surface area contributed by atoms with E-state index in [4.69, 9.17) is 0 Å². The van der Waals surface area contributed by atoms with Crippen LogP contribution in [0.3, 0.4) is 0 Å². The van der Waals surface area contributed by atoms with Crippen LogP contribution in [0.15, 0.2) is 34.8 Å². The molecule has 0 saturated heterocycles. The third kappa shape index (κ3) is 4.35. The molecule has 1 aromatic heterocycles. The summed E-state index contributed by atoms with van der Waals surface area (Å²) < 4.78 is 1.11. The van der Waals surface area contributed by atoms with Crippen molar-refractivity contribution < 1.29 is 0 Å². The smallest absolute Gasteiger partial charge is 0.0676 e.